The summed E-state index contributed by atoms with van der Waals surface area (Å²) in [6, 6.07) is 17.0. The molecule has 2 N–H and O–H groups in total. The molecule has 1 aromatic heterocycles. The number of carbonyl (C=O) groups is 2. The molecule has 25 heavy (non-hydrogen) atoms. The highest BCUT2D eigenvalue weighted by Gasteiger charge is 2.17. The summed E-state index contributed by atoms with van der Waals surface area (Å²) in [6.45, 7) is -0.0181. The number of fused-ring (bicyclic) bond motifs is 1. The Balaban J connectivity index is 1.51. The predicted molar refractivity (Wildman–Crippen MR) is 98.3 cm³/mol. The molecule has 0 unspecified atom stereocenters. The lowest BCUT2D eigenvalue weighted by molar-refractivity contribution is -0.118. The number of benzene rings is 2. The van der Waals surface area contributed by atoms with Crippen LogP contribution in [0.15, 0.2) is 60.0 Å². The lowest BCUT2D eigenvalue weighted by atomic mass is 10.1. The van der Waals surface area contributed by atoms with Gasteiger partial charge in [0.15, 0.2) is 6.61 Å². The minimum Gasteiger partial charge on any atom is -0.482 e. The highest BCUT2D eigenvalue weighted by molar-refractivity contribution is 7.12. The Morgan fingerprint density at radius 3 is 2.76 bits per heavy atom. The Kier molecular flexibility index (Phi) is 3.95. The van der Waals surface area contributed by atoms with Crippen LogP contribution in [0, 0.1) is 0 Å². The fourth-order valence-corrected chi connectivity index (χ4v) is 3.39. The van der Waals surface area contributed by atoms with Crippen LogP contribution in [-0.2, 0) is 4.79 Å². The highest BCUT2D eigenvalue weighted by Crippen LogP contribution is 2.31. The third-order valence-electron chi connectivity index (χ3n) is 3.80. The maximum Gasteiger partial charge on any atom is 0.265 e. The van der Waals surface area contributed by atoms with E-state index in [1.807, 2.05) is 41.8 Å². The van der Waals surface area contributed by atoms with E-state index in [-0.39, 0.29) is 18.4 Å². The number of carbonyl (C=O) groups excluding carboxylic acids is 2. The monoisotopic (exact) mass is 350 g/mol. The summed E-state index contributed by atoms with van der Waals surface area (Å²) in [7, 11) is 0. The highest BCUT2D eigenvalue weighted by atomic mass is 32.1. The molecule has 0 fully saturated rings. The first-order valence-corrected chi connectivity index (χ1v) is 8.59. The van der Waals surface area contributed by atoms with E-state index in [2.05, 4.69) is 10.6 Å². The summed E-state index contributed by atoms with van der Waals surface area (Å²) in [5.74, 6) is 0.192. The molecule has 2 aromatic carbocycles. The van der Waals surface area contributed by atoms with Crippen molar-refractivity contribution in [3.63, 3.8) is 0 Å². The first-order chi connectivity index (χ1) is 12.2. The van der Waals surface area contributed by atoms with Gasteiger partial charge in [0.25, 0.3) is 11.8 Å². The lowest BCUT2D eigenvalue weighted by Gasteiger charge is -2.18. The van der Waals surface area contributed by atoms with Crippen molar-refractivity contribution >= 4 is 34.5 Å². The Morgan fingerprint density at radius 1 is 1.08 bits per heavy atom. The maximum atomic E-state index is 12.5. The zero-order chi connectivity index (χ0) is 17.2. The average Bonchev–Trinajstić information content (AvgIpc) is 3.13. The van der Waals surface area contributed by atoms with Gasteiger partial charge in [-0.3, -0.25) is 9.59 Å². The van der Waals surface area contributed by atoms with E-state index in [1.54, 1.807) is 18.2 Å². The quantitative estimate of drug-likeness (QED) is 0.750. The molecule has 0 radical (unpaired) electrons. The SMILES string of the molecule is O=C1COc2cc(NC(=O)c3cc(-c4ccccc4)cs3)ccc2N1. The van der Waals surface area contributed by atoms with Crippen LogP contribution in [0.4, 0.5) is 11.4 Å². The van der Waals surface area contributed by atoms with E-state index in [4.69, 9.17) is 4.74 Å². The molecule has 0 saturated carbocycles. The normalized spacial score (nSPS) is 12.7. The number of ether oxygens (including phenoxy) is 1. The van der Waals surface area contributed by atoms with Crippen molar-refractivity contribution in [1.82, 2.24) is 0 Å². The Labute approximate surface area is 148 Å². The second kappa shape index (κ2) is 6.41. The van der Waals surface area contributed by atoms with Crippen molar-refractivity contribution in [2.75, 3.05) is 17.2 Å². The zero-order valence-electron chi connectivity index (χ0n) is 13.1. The minimum atomic E-state index is -0.184. The van der Waals surface area contributed by atoms with Crippen molar-refractivity contribution in [2.24, 2.45) is 0 Å². The summed E-state index contributed by atoms with van der Waals surface area (Å²) in [6.07, 6.45) is 0. The fourth-order valence-electron chi connectivity index (χ4n) is 2.58. The Hall–Kier alpha value is -3.12. The number of rotatable bonds is 3. The lowest BCUT2D eigenvalue weighted by Crippen LogP contribution is -2.25. The van der Waals surface area contributed by atoms with E-state index in [0.29, 0.717) is 22.0 Å². The second-order valence-corrected chi connectivity index (χ2v) is 6.48. The molecule has 5 nitrogen and oxygen atoms in total. The van der Waals surface area contributed by atoms with Crippen LogP contribution >= 0.6 is 11.3 Å². The van der Waals surface area contributed by atoms with Crippen molar-refractivity contribution < 1.29 is 14.3 Å². The van der Waals surface area contributed by atoms with Crippen molar-refractivity contribution in [3.05, 3.63) is 64.9 Å². The van der Waals surface area contributed by atoms with Gasteiger partial charge in [0.05, 0.1) is 10.6 Å². The molecule has 0 atom stereocenters. The van der Waals surface area contributed by atoms with Crippen molar-refractivity contribution in [3.8, 4) is 16.9 Å². The Morgan fingerprint density at radius 2 is 1.92 bits per heavy atom. The molecular formula is C19H14N2O3S. The number of anilines is 2. The molecule has 0 saturated heterocycles. The van der Waals surface area contributed by atoms with Gasteiger partial charge in [0.1, 0.15) is 5.75 Å². The molecule has 1 aliphatic rings. The third-order valence-corrected chi connectivity index (χ3v) is 4.73. The average molecular weight is 350 g/mol. The summed E-state index contributed by atoms with van der Waals surface area (Å²) in [4.78, 5) is 24.4. The summed E-state index contributed by atoms with van der Waals surface area (Å²) < 4.78 is 5.36. The van der Waals surface area contributed by atoms with Crippen LogP contribution < -0.4 is 15.4 Å². The van der Waals surface area contributed by atoms with Crippen LogP contribution in [0.1, 0.15) is 9.67 Å². The number of hydrogen-bond acceptors (Lipinski definition) is 4. The van der Waals surface area contributed by atoms with Crippen LogP contribution in [0.5, 0.6) is 5.75 Å². The number of nitrogens with one attached hydrogen (secondary N) is 2. The molecule has 0 bridgehead atoms. The number of hydrogen-bond donors (Lipinski definition) is 2. The maximum absolute atomic E-state index is 12.5. The molecule has 124 valence electrons. The predicted octanol–water partition coefficient (Wildman–Crippen LogP) is 4.00. The van der Waals surface area contributed by atoms with Crippen LogP contribution in [-0.4, -0.2) is 18.4 Å². The number of amides is 2. The molecular weight excluding hydrogens is 336 g/mol. The van der Waals surface area contributed by atoms with E-state index >= 15 is 0 Å². The van der Waals surface area contributed by atoms with Crippen molar-refractivity contribution in [1.29, 1.82) is 0 Å². The first kappa shape index (κ1) is 15.4. The molecule has 0 spiro atoms. The molecule has 6 heteroatoms. The van der Waals surface area contributed by atoms with Gasteiger partial charge in [-0.25, -0.2) is 0 Å². The van der Waals surface area contributed by atoms with E-state index < -0.39 is 0 Å². The third kappa shape index (κ3) is 3.25. The summed E-state index contributed by atoms with van der Waals surface area (Å²) in [5.41, 5.74) is 3.33. The molecule has 2 heterocycles. The smallest absolute Gasteiger partial charge is 0.265 e. The topological polar surface area (TPSA) is 67.4 Å². The summed E-state index contributed by atoms with van der Waals surface area (Å²) >= 11 is 1.40. The van der Waals surface area contributed by atoms with E-state index in [1.165, 1.54) is 11.3 Å². The molecule has 3 aromatic rings. The van der Waals surface area contributed by atoms with E-state index in [0.717, 1.165) is 11.1 Å². The minimum absolute atomic E-state index is 0.0181. The molecule has 0 aliphatic carbocycles. The van der Waals surface area contributed by atoms with Crippen LogP contribution in [0.3, 0.4) is 0 Å². The number of thiophene rings is 1. The van der Waals surface area contributed by atoms with Gasteiger partial charge in [0, 0.05) is 11.8 Å². The van der Waals surface area contributed by atoms with Crippen molar-refractivity contribution in [2.45, 2.75) is 0 Å². The molecule has 2 amide bonds. The first-order valence-electron chi connectivity index (χ1n) is 7.71. The van der Waals surface area contributed by atoms with E-state index in [9.17, 15) is 9.59 Å². The summed E-state index contributed by atoms with van der Waals surface area (Å²) in [5, 5.41) is 7.55. The standard InChI is InChI=1S/C19H14N2O3S/c22-18-10-24-16-9-14(6-7-15(16)21-18)20-19(23)17-8-13(11-25-17)12-4-2-1-3-5-12/h1-9,11H,10H2,(H,20,23)(H,21,22). The molecule has 4 rings (SSSR count). The molecule has 1 aliphatic heterocycles. The van der Waals surface area contributed by atoms with Crippen LogP contribution in [0.25, 0.3) is 11.1 Å². The van der Waals surface area contributed by atoms with Gasteiger partial charge in [-0.05, 0) is 34.7 Å². The van der Waals surface area contributed by atoms with Gasteiger partial charge in [-0.2, -0.15) is 0 Å². The van der Waals surface area contributed by atoms with Gasteiger partial charge < -0.3 is 15.4 Å². The van der Waals surface area contributed by atoms with Gasteiger partial charge >= 0.3 is 0 Å². The second-order valence-electron chi connectivity index (χ2n) is 5.57. The Bertz CT molecular complexity index is 950. The van der Waals surface area contributed by atoms with Gasteiger partial charge in [-0.1, -0.05) is 30.3 Å². The fraction of sp³-hybridized carbons (Fsp3) is 0.0526. The van der Waals surface area contributed by atoms with Gasteiger partial charge in [-0.15, -0.1) is 11.3 Å². The largest absolute Gasteiger partial charge is 0.482 e. The zero-order valence-corrected chi connectivity index (χ0v) is 13.9. The van der Waals surface area contributed by atoms with Gasteiger partial charge in [0.2, 0.25) is 0 Å². The van der Waals surface area contributed by atoms with Crippen LogP contribution in [0.2, 0.25) is 0 Å².